The van der Waals surface area contributed by atoms with Crippen LogP contribution in [0.2, 0.25) is 0 Å². The van der Waals surface area contributed by atoms with Gasteiger partial charge < -0.3 is 19.5 Å². The van der Waals surface area contributed by atoms with Crippen LogP contribution in [0.25, 0.3) is 0 Å². The molecule has 1 saturated heterocycles. The zero-order valence-electron chi connectivity index (χ0n) is 17.1. The van der Waals surface area contributed by atoms with Crippen LogP contribution in [-0.4, -0.2) is 66.4 Å². The van der Waals surface area contributed by atoms with E-state index in [1.807, 2.05) is 6.07 Å². The summed E-state index contributed by atoms with van der Waals surface area (Å²) in [4.78, 5) is 4.71. The number of hydrogen-bond acceptors (Lipinski definition) is 5. The van der Waals surface area contributed by atoms with E-state index in [1.165, 1.54) is 18.4 Å². The number of methoxy groups -OCH3 is 1. The van der Waals surface area contributed by atoms with Gasteiger partial charge in [0.2, 0.25) is 0 Å². The number of benzene rings is 1. The Labute approximate surface area is 158 Å². The normalized spacial score (nSPS) is 18.3. The average Bonchev–Trinajstić information content (AvgIpc) is 2.96. The third kappa shape index (κ3) is 5.60. The molecule has 0 radical (unpaired) electrons. The molecule has 0 spiro atoms. The molecule has 1 aromatic rings. The second-order valence-corrected chi connectivity index (χ2v) is 7.77. The fourth-order valence-electron chi connectivity index (χ4n) is 3.63. The van der Waals surface area contributed by atoms with Crippen LogP contribution in [0.15, 0.2) is 18.2 Å². The quantitative estimate of drug-likeness (QED) is 0.691. The highest BCUT2D eigenvalue weighted by Gasteiger charge is 2.31. The number of hydrogen-bond donors (Lipinski definition) is 1. The van der Waals surface area contributed by atoms with Crippen molar-refractivity contribution in [3.8, 4) is 11.5 Å². The lowest BCUT2D eigenvalue weighted by Gasteiger charge is -2.31. The maximum absolute atomic E-state index is 10.3. The average molecular weight is 365 g/mol. The summed E-state index contributed by atoms with van der Waals surface area (Å²) in [6.07, 6.45) is 1.98. The number of likely N-dealkylation sites (tertiary alicyclic amines) is 1. The predicted molar refractivity (Wildman–Crippen MR) is 106 cm³/mol. The third-order valence-electron chi connectivity index (χ3n) is 5.47. The highest BCUT2D eigenvalue weighted by atomic mass is 16.5. The van der Waals surface area contributed by atoms with Crippen LogP contribution in [0, 0.1) is 0 Å². The Bertz CT molecular complexity index is 558. The third-order valence-corrected chi connectivity index (χ3v) is 5.47. The van der Waals surface area contributed by atoms with E-state index in [-0.39, 0.29) is 12.1 Å². The molecule has 0 amide bonds. The van der Waals surface area contributed by atoms with Gasteiger partial charge in [-0.15, -0.1) is 0 Å². The molecule has 1 atom stereocenters. The van der Waals surface area contributed by atoms with E-state index in [4.69, 9.17) is 9.47 Å². The molecule has 0 bridgehead atoms. The Balaban J connectivity index is 2.00. The maximum atomic E-state index is 10.3. The molecule has 0 aliphatic carbocycles. The van der Waals surface area contributed by atoms with Crippen LogP contribution in [0.1, 0.15) is 46.1 Å². The summed E-state index contributed by atoms with van der Waals surface area (Å²) in [5, 5.41) is 10.3. The molecule has 2 rings (SSSR count). The fourth-order valence-corrected chi connectivity index (χ4v) is 3.63. The zero-order chi connectivity index (χ0) is 19.2. The van der Waals surface area contributed by atoms with Gasteiger partial charge in [-0.25, -0.2) is 0 Å². The van der Waals surface area contributed by atoms with Crippen molar-refractivity contribution in [1.29, 1.82) is 0 Å². The van der Waals surface area contributed by atoms with Crippen LogP contribution in [-0.2, 0) is 6.54 Å². The number of aliphatic hydroxyl groups excluding tert-OH is 1. The Hall–Kier alpha value is -1.30. The van der Waals surface area contributed by atoms with Gasteiger partial charge in [0.1, 0.15) is 12.7 Å². The molecule has 1 unspecified atom stereocenters. The summed E-state index contributed by atoms with van der Waals surface area (Å²) in [7, 11) is 1.65. The molecule has 5 heteroatoms. The van der Waals surface area contributed by atoms with Crippen LogP contribution in [0.5, 0.6) is 11.5 Å². The second kappa shape index (κ2) is 9.58. The van der Waals surface area contributed by atoms with Crippen molar-refractivity contribution in [2.24, 2.45) is 0 Å². The monoisotopic (exact) mass is 364 g/mol. The minimum atomic E-state index is -0.513. The molecule has 5 nitrogen and oxygen atoms in total. The lowest BCUT2D eigenvalue weighted by molar-refractivity contribution is 0.0705. The number of likely N-dealkylation sites (N-methyl/N-ethyl adjacent to an activating group) is 1. The summed E-state index contributed by atoms with van der Waals surface area (Å²) < 4.78 is 11.4. The van der Waals surface area contributed by atoms with Crippen molar-refractivity contribution in [3.63, 3.8) is 0 Å². The van der Waals surface area contributed by atoms with Crippen molar-refractivity contribution in [1.82, 2.24) is 9.80 Å². The first-order valence-corrected chi connectivity index (χ1v) is 9.84. The van der Waals surface area contributed by atoms with Crippen molar-refractivity contribution < 1.29 is 14.6 Å². The molecule has 26 heavy (non-hydrogen) atoms. The highest BCUT2D eigenvalue weighted by Crippen LogP contribution is 2.33. The Morgan fingerprint density at radius 3 is 2.54 bits per heavy atom. The number of aliphatic hydroxyl groups is 1. The standard InChI is InChI=1S/C21H36N2O3/c1-6-22(7-2)15-18(24)16-26-20-13-17(9-10-19(20)25-5)14-23-12-8-11-21(23,3)4/h9-10,13,18,24H,6-8,11-12,14-16H2,1-5H3. The molecular formula is C21H36N2O3. The van der Waals surface area contributed by atoms with Gasteiger partial charge in [0, 0.05) is 18.6 Å². The molecule has 0 aromatic heterocycles. The van der Waals surface area contributed by atoms with E-state index in [1.54, 1.807) is 7.11 Å². The van der Waals surface area contributed by atoms with E-state index in [2.05, 4.69) is 49.6 Å². The zero-order valence-corrected chi connectivity index (χ0v) is 17.1. The summed E-state index contributed by atoms with van der Waals surface area (Å²) in [6.45, 7) is 13.6. The van der Waals surface area contributed by atoms with Gasteiger partial charge in [-0.05, 0) is 64.0 Å². The molecule has 1 aliphatic rings. The second-order valence-electron chi connectivity index (χ2n) is 7.77. The molecule has 1 aromatic carbocycles. The predicted octanol–water partition coefficient (Wildman–Crippen LogP) is 3.15. The lowest BCUT2D eigenvalue weighted by Crippen LogP contribution is -2.37. The van der Waals surface area contributed by atoms with Crippen molar-refractivity contribution in [2.75, 3.05) is 39.9 Å². The first-order chi connectivity index (χ1) is 12.4. The molecule has 148 valence electrons. The first kappa shape index (κ1) is 21.0. The van der Waals surface area contributed by atoms with E-state index < -0.39 is 6.10 Å². The summed E-state index contributed by atoms with van der Waals surface area (Å²) in [6, 6.07) is 6.12. The van der Waals surface area contributed by atoms with Gasteiger partial charge in [-0.2, -0.15) is 0 Å². The van der Waals surface area contributed by atoms with Gasteiger partial charge in [-0.1, -0.05) is 19.9 Å². The Kier molecular flexibility index (Phi) is 7.74. The molecular weight excluding hydrogens is 328 g/mol. The van der Waals surface area contributed by atoms with Gasteiger partial charge >= 0.3 is 0 Å². The molecule has 1 fully saturated rings. The van der Waals surface area contributed by atoms with Gasteiger partial charge in [0.15, 0.2) is 11.5 Å². The van der Waals surface area contributed by atoms with Crippen molar-refractivity contribution >= 4 is 0 Å². The largest absolute Gasteiger partial charge is 0.493 e. The van der Waals surface area contributed by atoms with Crippen molar-refractivity contribution in [2.45, 2.75) is 58.7 Å². The Morgan fingerprint density at radius 2 is 1.96 bits per heavy atom. The van der Waals surface area contributed by atoms with E-state index in [0.29, 0.717) is 18.0 Å². The minimum absolute atomic E-state index is 0.251. The van der Waals surface area contributed by atoms with E-state index in [0.717, 1.165) is 26.2 Å². The minimum Gasteiger partial charge on any atom is -0.493 e. The van der Waals surface area contributed by atoms with Crippen LogP contribution < -0.4 is 9.47 Å². The first-order valence-electron chi connectivity index (χ1n) is 9.84. The summed E-state index contributed by atoms with van der Waals surface area (Å²) >= 11 is 0. The van der Waals surface area contributed by atoms with E-state index in [9.17, 15) is 5.11 Å². The molecule has 0 saturated carbocycles. The maximum Gasteiger partial charge on any atom is 0.161 e. The van der Waals surface area contributed by atoms with Gasteiger partial charge in [0.05, 0.1) is 7.11 Å². The number of ether oxygens (including phenoxy) is 2. The van der Waals surface area contributed by atoms with Crippen LogP contribution in [0.4, 0.5) is 0 Å². The lowest BCUT2D eigenvalue weighted by atomic mass is 10.0. The smallest absolute Gasteiger partial charge is 0.161 e. The Morgan fingerprint density at radius 1 is 1.23 bits per heavy atom. The highest BCUT2D eigenvalue weighted by molar-refractivity contribution is 5.43. The topological polar surface area (TPSA) is 45.2 Å². The van der Waals surface area contributed by atoms with Gasteiger partial charge in [-0.3, -0.25) is 4.90 Å². The molecule has 1 heterocycles. The summed E-state index contributed by atoms with van der Waals surface area (Å²) in [5.74, 6) is 1.42. The van der Waals surface area contributed by atoms with Crippen LogP contribution in [0.3, 0.4) is 0 Å². The number of nitrogens with zero attached hydrogens (tertiary/aromatic N) is 2. The van der Waals surface area contributed by atoms with Crippen LogP contribution >= 0.6 is 0 Å². The number of rotatable bonds is 10. The van der Waals surface area contributed by atoms with Crippen molar-refractivity contribution in [3.05, 3.63) is 23.8 Å². The SMILES string of the molecule is CCN(CC)CC(O)COc1cc(CN2CCCC2(C)C)ccc1OC. The van der Waals surface area contributed by atoms with Gasteiger partial charge in [0.25, 0.3) is 0 Å². The summed E-state index contributed by atoms with van der Waals surface area (Å²) in [5.41, 5.74) is 1.47. The molecule has 1 N–H and O–H groups in total. The fraction of sp³-hybridized carbons (Fsp3) is 0.714. The molecule has 1 aliphatic heterocycles. The van der Waals surface area contributed by atoms with E-state index >= 15 is 0 Å².